The van der Waals surface area contributed by atoms with Crippen LogP contribution in [0.3, 0.4) is 0 Å². The van der Waals surface area contributed by atoms with Crippen LogP contribution in [0.15, 0.2) is 4.99 Å². The molecule has 9 heavy (non-hydrogen) atoms. The molecule has 0 aliphatic carbocycles. The van der Waals surface area contributed by atoms with Crippen LogP contribution >= 0.6 is 0 Å². The van der Waals surface area contributed by atoms with Gasteiger partial charge in [0.1, 0.15) is 0 Å². The minimum Gasteiger partial charge on any atom is -0.286 e. The van der Waals surface area contributed by atoms with Gasteiger partial charge in [-0.3, -0.25) is 4.99 Å². The summed E-state index contributed by atoms with van der Waals surface area (Å²) in [6, 6.07) is -0.0287. The van der Waals surface area contributed by atoms with E-state index in [1.807, 2.05) is 0 Å². The minimum atomic E-state index is -2.40. The monoisotopic (exact) mass is 135 g/mol. The van der Waals surface area contributed by atoms with Crippen LogP contribution in [0.4, 0.5) is 8.78 Å². The van der Waals surface area contributed by atoms with Crippen molar-refractivity contribution in [1.82, 2.24) is 0 Å². The normalized spacial score (nSPS) is 13.4. The first kappa shape index (κ1) is 8.53. The van der Waals surface area contributed by atoms with Crippen molar-refractivity contribution in [3.05, 3.63) is 0 Å². The molecular weight excluding hydrogens is 124 g/mol. The third-order valence-electron chi connectivity index (χ3n) is 0.778. The Morgan fingerprint density at radius 3 is 1.89 bits per heavy atom. The molecule has 54 valence electrons. The van der Waals surface area contributed by atoms with E-state index in [1.165, 1.54) is 6.92 Å². The van der Waals surface area contributed by atoms with Crippen molar-refractivity contribution in [2.45, 2.75) is 33.2 Å². The lowest BCUT2D eigenvalue weighted by atomic mass is 10.4. The predicted molar refractivity (Wildman–Crippen MR) is 34.2 cm³/mol. The molecule has 0 aromatic carbocycles. The number of aliphatic imine (C=N–C) groups is 1. The Morgan fingerprint density at radius 2 is 1.78 bits per heavy atom. The van der Waals surface area contributed by atoms with Gasteiger partial charge in [0.05, 0.1) is 5.71 Å². The molecule has 0 amide bonds. The highest BCUT2D eigenvalue weighted by molar-refractivity contribution is 5.84. The summed E-state index contributed by atoms with van der Waals surface area (Å²) >= 11 is 0. The molecule has 3 heteroatoms. The first-order chi connectivity index (χ1) is 4.04. The van der Waals surface area contributed by atoms with Gasteiger partial charge in [-0.25, -0.2) is 8.78 Å². The van der Waals surface area contributed by atoms with Crippen molar-refractivity contribution in [2.75, 3.05) is 0 Å². The number of halogens is 2. The summed E-state index contributed by atoms with van der Waals surface area (Å²) in [5, 5.41) is 0. The first-order valence-corrected chi connectivity index (χ1v) is 2.86. The summed E-state index contributed by atoms with van der Waals surface area (Å²) in [6.07, 6.45) is -2.40. The van der Waals surface area contributed by atoms with Crippen molar-refractivity contribution >= 4 is 5.71 Å². The highest BCUT2D eigenvalue weighted by Crippen LogP contribution is 1.98. The van der Waals surface area contributed by atoms with Gasteiger partial charge in [-0.05, 0) is 20.8 Å². The summed E-state index contributed by atoms with van der Waals surface area (Å²) < 4.78 is 23.3. The second-order valence-electron chi connectivity index (χ2n) is 2.16. The first-order valence-electron chi connectivity index (χ1n) is 2.86. The summed E-state index contributed by atoms with van der Waals surface area (Å²) in [4.78, 5) is 3.64. The molecule has 0 aromatic rings. The number of alkyl halides is 2. The van der Waals surface area contributed by atoms with Crippen LogP contribution in [0.25, 0.3) is 0 Å². The number of nitrogens with zero attached hydrogens (tertiary/aromatic N) is 1. The van der Waals surface area contributed by atoms with Gasteiger partial charge in [0.2, 0.25) is 0 Å². The minimum absolute atomic E-state index is 0.0287. The summed E-state index contributed by atoms with van der Waals surface area (Å²) in [5.74, 6) is 0. The van der Waals surface area contributed by atoms with Gasteiger partial charge in [-0.1, -0.05) is 0 Å². The third-order valence-corrected chi connectivity index (χ3v) is 0.778. The molecule has 0 bridgehead atoms. The van der Waals surface area contributed by atoms with Gasteiger partial charge in [0.25, 0.3) is 6.43 Å². The fourth-order valence-corrected chi connectivity index (χ4v) is 0.464. The fraction of sp³-hybridized carbons (Fsp3) is 0.833. The highest BCUT2D eigenvalue weighted by atomic mass is 19.3. The van der Waals surface area contributed by atoms with Gasteiger partial charge in [-0.2, -0.15) is 0 Å². The van der Waals surface area contributed by atoms with Crippen LogP contribution in [0.1, 0.15) is 20.8 Å². The van der Waals surface area contributed by atoms with Crippen molar-refractivity contribution in [3.63, 3.8) is 0 Å². The summed E-state index contributed by atoms with van der Waals surface area (Å²) in [6.45, 7) is 4.88. The molecule has 1 nitrogen and oxygen atoms in total. The molecule has 0 aliphatic heterocycles. The van der Waals surface area contributed by atoms with Crippen LogP contribution in [0.2, 0.25) is 0 Å². The number of rotatable bonds is 2. The molecule has 0 radical (unpaired) electrons. The van der Waals surface area contributed by atoms with E-state index in [-0.39, 0.29) is 11.8 Å². The Morgan fingerprint density at radius 1 is 1.33 bits per heavy atom. The molecule has 0 unspecified atom stereocenters. The average Bonchev–Trinajstić information content (AvgIpc) is 1.63. The van der Waals surface area contributed by atoms with Gasteiger partial charge in [-0.15, -0.1) is 0 Å². The summed E-state index contributed by atoms with van der Waals surface area (Å²) in [7, 11) is 0. The Kier molecular flexibility index (Phi) is 3.35. The van der Waals surface area contributed by atoms with Gasteiger partial charge in [0.15, 0.2) is 0 Å². The lowest BCUT2D eigenvalue weighted by Gasteiger charge is -1.99. The molecule has 0 aliphatic rings. The maximum Gasteiger partial charge on any atom is 0.275 e. The van der Waals surface area contributed by atoms with E-state index in [1.54, 1.807) is 13.8 Å². The van der Waals surface area contributed by atoms with Crippen molar-refractivity contribution < 1.29 is 8.78 Å². The van der Waals surface area contributed by atoms with E-state index in [2.05, 4.69) is 4.99 Å². The molecule has 0 N–H and O–H groups in total. The van der Waals surface area contributed by atoms with E-state index in [4.69, 9.17) is 0 Å². The smallest absolute Gasteiger partial charge is 0.275 e. The maximum absolute atomic E-state index is 11.7. The zero-order chi connectivity index (χ0) is 7.44. The van der Waals surface area contributed by atoms with E-state index in [0.717, 1.165) is 0 Å². The molecule has 0 spiro atoms. The zero-order valence-electron chi connectivity index (χ0n) is 5.86. The Bertz CT molecular complexity index is 108. The Balaban J connectivity index is 3.84. The lowest BCUT2D eigenvalue weighted by molar-refractivity contribution is 0.224. The van der Waals surface area contributed by atoms with Crippen molar-refractivity contribution in [3.8, 4) is 0 Å². The van der Waals surface area contributed by atoms with Crippen LogP contribution in [-0.4, -0.2) is 18.2 Å². The van der Waals surface area contributed by atoms with Gasteiger partial charge >= 0.3 is 0 Å². The third kappa shape index (κ3) is 4.06. The van der Waals surface area contributed by atoms with Crippen LogP contribution < -0.4 is 0 Å². The molecule has 0 fully saturated rings. The summed E-state index contributed by atoms with van der Waals surface area (Å²) in [5.41, 5.74) is -0.0787. The molecule has 0 saturated heterocycles. The predicted octanol–water partition coefficient (Wildman–Crippen LogP) is 2.12. The van der Waals surface area contributed by atoms with Gasteiger partial charge < -0.3 is 0 Å². The van der Waals surface area contributed by atoms with E-state index < -0.39 is 6.43 Å². The molecule has 0 saturated carbocycles. The highest BCUT2D eigenvalue weighted by Gasteiger charge is 2.05. The quantitative estimate of drug-likeness (QED) is 0.514. The Hall–Kier alpha value is -0.470. The van der Waals surface area contributed by atoms with Gasteiger partial charge in [0, 0.05) is 6.04 Å². The fourth-order valence-electron chi connectivity index (χ4n) is 0.464. The second kappa shape index (κ2) is 3.54. The average molecular weight is 135 g/mol. The van der Waals surface area contributed by atoms with Crippen LogP contribution in [0.5, 0.6) is 0 Å². The molecular formula is C6H11F2N. The second-order valence-corrected chi connectivity index (χ2v) is 2.16. The standard InChI is InChI=1S/C6H11F2N/c1-4(2)9-5(3)6(7)8/h4,6H,1-3H3/b9-5-. The molecule has 0 rings (SSSR count). The van der Waals surface area contributed by atoms with Crippen LogP contribution in [0, 0.1) is 0 Å². The van der Waals surface area contributed by atoms with Crippen molar-refractivity contribution in [2.24, 2.45) is 4.99 Å². The number of hydrogen-bond acceptors (Lipinski definition) is 1. The van der Waals surface area contributed by atoms with Crippen molar-refractivity contribution in [1.29, 1.82) is 0 Å². The van der Waals surface area contributed by atoms with E-state index in [9.17, 15) is 8.78 Å². The zero-order valence-corrected chi connectivity index (χ0v) is 5.86. The largest absolute Gasteiger partial charge is 0.286 e. The van der Waals surface area contributed by atoms with E-state index in [0.29, 0.717) is 0 Å². The number of hydrogen-bond donors (Lipinski definition) is 0. The molecule has 0 heterocycles. The van der Waals surface area contributed by atoms with Crippen LogP contribution in [-0.2, 0) is 0 Å². The molecule has 0 atom stereocenters. The Labute approximate surface area is 53.8 Å². The molecule has 0 aromatic heterocycles. The van der Waals surface area contributed by atoms with E-state index >= 15 is 0 Å². The topological polar surface area (TPSA) is 12.4 Å². The lowest BCUT2D eigenvalue weighted by Crippen LogP contribution is -2.07. The maximum atomic E-state index is 11.7. The SMILES string of the molecule is C/C(=N/C(C)C)C(F)F.